The molecule has 5 nitrogen and oxygen atoms in total. The maximum Gasteiger partial charge on any atom is 0.340 e. The van der Waals surface area contributed by atoms with Gasteiger partial charge in [0, 0.05) is 18.3 Å². The van der Waals surface area contributed by atoms with Crippen molar-refractivity contribution in [3.8, 4) is 0 Å². The molecule has 0 amide bonds. The molecule has 1 aromatic carbocycles. The fourth-order valence-corrected chi connectivity index (χ4v) is 2.93. The summed E-state index contributed by atoms with van der Waals surface area (Å²) in [7, 11) is 1.34. The van der Waals surface area contributed by atoms with Crippen LogP contribution in [0.3, 0.4) is 0 Å². The van der Waals surface area contributed by atoms with E-state index in [1.807, 2.05) is 0 Å². The predicted molar refractivity (Wildman–Crippen MR) is 86.0 cm³/mol. The quantitative estimate of drug-likeness (QED) is 0.646. The summed E-state index contributed by atoms with van der Waals surface area (Å²) in [5.41, 5.74) is 7.15. The Morgan fingerprint density at radius 3 is 2.76 bits per heavy atom. The lowest BCUT2D eigenvalue weighted by Gasteiger charge is -2.25. The summed E-state index contributed by atoms with van der Waals surface area (Å²) in [6, 6.07) is 3.60. The van der Waals surface area contributed by atoms with E-state index in [4.69, 9.17) is 22.1 Å². The molecular weight excluding hydrogens is 290 g/mol. The third kappa shape index (κ3) is 3.80. The second-order valence-electron chi connectivity index (χ2n) is 5.39. The molecular formula is C15H22ClN3O2. The summed E-state index contributed by atoms with van der Waals surface area (Å²) in [5.74, 6) is -0.444. The molecule has 1 fully saturated rings. The van der Waals surface area contributed by atoms with Crippen LogP contribution >= 0.6 is 11.6 Å². The maximum absolute atomic E-state index is 11.9. The Balaban J connectivity index is 2.12. The van der Waals surface area contributed by atoms with Crippen molar-refractivity contribution >= 4 is 28.9 Å². The van der Waals surface area contributed by atoms with Crippen molar-refractivity contribution in [1.82, 2.24) is 4.90 Å². The van der Waals surface area contributed by atoms with Gasteiger partial charge in [-0.1, -0.05) is 11.6 Å². The monoisotopic (exact) mass is 311 g/mol. The fourth-order valence-electron chi connectivity index (χ4n) is 2.64. The van der Waals surface area contributed by atoms with Gasteiger partial charge in [0.2, 0.25) is 0 Å². The SMILES string of the molecule is COC(=O)c1cc(N)cc(Cl)c1NCC(C)N1CCCC1. The Morgan fingerprint density at radius 1 is 1.48 bits per heavy atom. The molecule has 1 unspecified atom stereocenters. The number of nitrogens with one attached hydrogen (secondary N) is 1. The highest BCUT2D eigenvalue weighted by molar-refractivity contribution is 6.34. The summed E-state index contributed by atoms with van der Waals surface area (Å²) >= 11 is 6.21. The number of likely N-dealkylation sites (tertiary alicyclic amines) is 1. The minimum atomic E-state index is -0.444. The normalized spacial score (nSPS) is 16.7. The highest BCUT2D eigenvalue weighted by atomic mass is 35.5. The lowest BCUT2D eigenvalue weighted by Crippen LogP contribution is -2.35. The largest absolute Gasteiger partial charge is 0.465 e. The Bertz CT molecular complexity index is 516. The van der Waals surface area contributed by atoms with Crippen molar-refractivity contribution in [3.63, 3.8) is 0 Å². The van der Waals surface area contributed by atoms with E-state index in [9.17, 15) is 4.79 Å². The van der Waals surface area contributed by atoms with E-state index >= 15 is 0 Å². The summed E-state index contributed by atoms with van der Waals surface area (Å²) < 4.78 is 4.79. The highest BCUT2D eigenvalue weighted by Gasteiger charge is 2.20. The van der Waals surface area contributed by atoms with Crippen molar-refractivity contribution < 1.29 is 9.53 Å². The van der Waals surface area contributed by atoms with Crippen molar-refractivity contribution in [2.45, 2.75) is 25.8 Å². The Hall–Kier alpha value is -1.46. The summed E-state index contributed by atoms with van der Waals surface area (Å²) in [4.78, 5) is 14.3. The average molecular weight is 312 g/mol. The van der Waals surface area contributed by atoms with Gasteiger partial charge in [0.25, 0.3) is 0 Å². The lowest BCUT2D eigenvalue weighted by atomic mass is 10.1. The van der Waals surface area contributed by atoms with Crippen molar-refractivity contribution in [1.29, 1.82) is 0 Å². The summed E-state index contributed by atoms with van der Waals surface area (Å²) in [6.45, 7) is 5.14. The predicted octanol–water partition coefficient (Wildman–Crippen LogP) is 2.61. The zero-order valence-corrected chi connectivity index (χ0v) is 13.2. The van der Waals surface area contributed by atoms with Crippen LogP contribution < -0.4 is 11.1 Å². The number of methoxy groups -OCH3 is 1. The molecule has 3 N–H and O–H groups in total. The van der Waals surface area contributed by atoms with E-state index in [-0.39, 0.29) is 0 Å². The molecule has 1 aromatic rings. The molecule has 6 heteroatoms. The number of anilines is 2. The molecule has 0 saturated carbocycles. The molecule has 0 spiro atoms. The number of nitrogens with zero attached hydrogens (tertiary/aromatic N) is 1. The first-order valence-electron chi connectivity index (χ1n) is 7.18. The van der Waals surface area contributed by atoms with Gasteiger partial charge in [-0.25, -0.2) is 4.79 Å². The lowest BCUT2D eigenvalue weighted by molar-refractivity contribution is 0.0602. The Labute approximate surface area is 130 Å². The number of hydrogen-bond donors (Lipinski definition) is 2. The standard InChI is InChI=1S/C15H22ClN3O2/c1-10(19-5-3-4-6-19)9-18-14-12(15(20)21-2)7-11(17)8-13(14)16/h7-8,10,18H,3-6,9,17H2,1-2H3. The van der Waals surface area contributed by atoms with Gasteiger partial charge in [-0.3, -0.25) is 4.90 Å². The zero-order chi connectivity index (χ0) is 15.4. The van der Waals surface area contributed by atoms with Gasteiger partial charge in [0.05, 0.1) is 23.4 Å². The third-order valence-corrected chi connectivity index (χ3v) is 4.15. The van der Waals surface area contributed by atoms with Gasteiger partial charge in [-0.2, -0.15) is 0 Å². The van der Waals surface area contributed by atoms with E-state index in [2.05, 4.69) is 17.1 Å². The van der Waals surface area contributed by atoms with Crippen LogP contribution in [0.2, 0.25) is 5.02 Å². The molecule has 0 aliphatic carbocycles. The number of nitrogen functional groups attached to an aromatic ring is 1. The number of nitrogens with two attached hydrogens (primary N) is 1. The zero-order valence-electron chi connectivity index (χ0n) is 12.5. The van der Waals surface area contributed by atoms with Crippen molar-refractivity contribution in [2.75, 3.05) is 37.8 Å². The van der Waals surface area contributed by atoms with Crippen LogP contribution in [-0.2, 0) is 4.74 Å². The Morgan fingerprint density at radius 2 is 2.14 bits per heavy atom. The Kier molecular flexibility index (Phi) is 5.31. The van der Waals surface area contributed by atoms with Crippen LogP contribution in [0.15, 0.2) is 12.1 Å². The molecule has 2 rings (SSSR count). The molecule has 1 saturated heterocycles. The topological polar surface area (TPSA) is 67.6 Å². The smallest absolute Gasteiger partial charge is 0.340 e. The van der Waals surface area contributed by atoms with Crippen LogP contribution in [0, 0.1) is 0 Å². The molecule has 21 heavy (non-hydrogen) atoms. The summed E-state index contributed by atoms with van der Waals surface area (Å²) in [5, 5.41) is 3.70. The number of carbonyl (C=O) groups excluding carboxylic acids is 1. The van der Waals surface area contributed by atoms with E-state index < -0.39 is 5.97 Å². The second kappa shape index (κ2) is 7.00. The number of benzene rings is 1. The number of esters is 1. The average Bonchev–Trinajstić information content (AvgIpc) is 2.98. The van der Waals surface area contributed by atoms with E-state index in [1.165, 1.54) is 20.0 Å². The molecule has 116 valence electrons. The number of carbonyl (C=O) groups is 1. The first kappa shape index (κ1) is 15.9. The fraction of sp³-hybridized carbons (Fsp3) is 0.533. The minimum Gasteiger partial charge on any atom is -0.465 e. The maximum atomic E-state index is 11.9. The molecule has 0 radical (unpaired) electrons. The van der Waals surface area contributed by atoms with Gasteiger partial charge in [0.1, 0.15) is 0 Å². The van der Waals surface area contributed by atoms with Crippen molar-refractivity contribution in [2.24, 2.45) is 0 Å². The molecule has 1 aliphatic rings. The van der Waals surface area contributed by atoms with Crippen LogP contribution in [0.4, 0.5) is 11.4 Å². The molecule has 1 aliphatic heterocycles. The van der Waals surface area contributed by atoms with E-state index in [0.29, 0.717) is 34.5 Å². The minimum absolute atomic E-state index is 0.371. The van der Waals surface area contributed by atoms with Crippen LogP contribution in [0.25, 0.3) is 0 Å². The van der Waals surface area contributed by atoms with Crippen LogP contribution in [0.5, 0.6) is 0 Å². The number of halogens is 1. The van der Waals surface area contributed by atoms with Gasteiger partial charge >= 0.3 is 5.97 Å². The molecule has 0 aromatic heterocycles. The van der Waals surface area contributed by atoms with Crippen molar-refractivity contribution in [3.05, 3.63) is 22.7 Å². The van der Waals surface area contributed by atoms with Gasteiger partial charge in [0.15, 0.2) is 0 Å². The summed E-state index contributed by atoms with van der Waals surface area (Å²) in [6.07, 6.45) is 2.50. The van der Waals surface area contributed by atoms with Gasteiger partial charge in [-0.15, -0.1) is 0 Å². The number of rotatable bonds is 5. The third-order valence-electron chi connectivity index (χ3n) is 3.86. The first-order valence-corrected chi connectivity index (χ1v) is 7.56. The second-order valence-corrected chi connectivity index (χ2v) is 5.80. The molecule has 1 heterocycles. The van der Waals surface area contributed by atoms with E-state index in [0.717, 1.165) is 13.1 Å². The first-order chi connectivity index (χ1) is 10.0. The molecule has 0 bridgehead atoms. The van der Waals surface area contributed by atoms with Gasteiger partial charge in [-0.05, 0) is 45.0 Å². The van der Waals surface area contributed by atoms with Crippen LogP contribution in [-0.4, -0.2) is 43.7 Å². The molecule has 1 atom stereocenters. The van der Waals surface area contributed by atoms with E-state index in [1.54, 1.807) is 12.1 Å². The van der Waals surface area contributed by atoms with Gasteiger partial charge < -0.3 is 15.8 Å². The number of ether oxygens (including phenoxy) is 1. The van der Waals surface area contributed by atoms with Crippen LogP contribution in [0.1, 0.15) is 30.1 Å². The number of hydrogen-bond acceptors (Lipinski definition) is 5. The highest BCUT2D eigenvalue weighted by Crippen LogP contribution is 2.30.